The maximum atomic E-state index is 13.4. The van der Waals surface area contributed by atoms with Crippen LogP contribution in [0.1, 0.15) is 50.4 Å². The largest absolute Gasteiger partial charge is 0.497 e. The average Bonchev–Trinajstić information content (AvgIpc) is 3.10. The maximum Gasteiger partial charge on any atom is 0.338 e. The predicted molar refractivity (Wildman–Crippen MR) is 110 cm³/mol. The molecule has 1 aromatic carbocycles. The summed E-state index contributed by atoms with van der Waals surface area (Å²) in [4.78, 5) is 26.4. The Morgan fingerprint density at radius 2 is 1.90 bits per heavy atom. The summed E-state index contributed by atoms with van der Waals surface area (Å²) < 4.78 is 23.2. The van der Waals surface area contributed by atoms with Gasteiger partial charge in [0.05, 0.1) is 23.7 Å². The van der Waals surface area contributed by atoms with E-state index in [1.807, 2.05) is 19.9 Å². The van der Waals surface area contributed by atoms with Crippen LogP contribution < -0.4 is 4.74 Å². The highest BCUT2D eigenvalue weighted by molar-refractivity contribution is 5.93. The summed E-state index contributed by atoms with van der Waals surface area (Å²) in [6.45, 7) is 6.00. The van der Waals surface area contributed by atoms with E-state index in [-0.39, 0.29) is 23.9 Å². The number of benzene rings is 1. The van der Waals surface area contributed by atoms with Crippen LogP contribution in [-0.4, -0.2) is 44.0 Å². The molecule has 6 heteroatoms. The number of ketones is 1. The van der Waals surface area contributed by atoms with Crippen LogP contribution in [0.25, 0.3) is 0 Å². The van der Waals surface area contributed by atoms with Gasteiger partial charge in [-0.3, -0.25) is 4.79 Å². The molecule has 0 N–H and O–H groups in total. The smallest absolute Gasteiger partial charge is 0.338 e. The molecule has 0 unspecified atom stereocenters. The molecule has 0 aromatic heterocycles. The number of ether oxygens (including phenoxy) is 4. The number of hydrogen-bond acceptors (Lipinski definition) is 6. The summed E-state index contributed by atoms with van der Waals surface area (Å²) >= 11 is 0. The van der Waals surface area contributed by atoms with Crippen molar-refractivity contribution >= 4 is 11.8 Å². The number of rotatable bonds is 4. The second kappa shape index (κ2) is 7.50. The number of carbonyl (C=O) groups is 2. The monoisotopic (exact) mass is 414 g/mol. The molecule has 3 aliphatic rings. The van der Waals surface area contributed by atoms with Crippen LogP contribution in [0, 0.1) is 17.3 Å². The van der Waals surface area contributed by atoms with Crippen LogP contribution in [0.15, 0.2) is 35.9 Å². The first-order valence-corrected chi connectivity index (χ1v) is 10.5. The van der Waals surface area contributed by atoms with E-state index in [9.17, 15) is 9.59 Å². The molecule has 30 heavy (non-hydrogen) atoms. The molecular formula is C24H30O6. The van der Waals surface area contributed by atoms with Gasteiger partial charge in [-0.2, -0.15) is 0 Å². The predicted octanol–water partition coefficient (Wildman–Crippen LogP) is 3.93. The lowest BCUT2D eigenvalue weighted by atomic mass is 9.67. The van der Waals surface area contributed by atoms with Gasteiger partial charge in [-0.15, -0.1) is 0 Å². The van der Waals surface area contributed by atoms with Crippen molar-refractivity contribution in [1.29, 1.82) is 0 Å². The summed E-state index contributed by atoms with van der Waals surface area (Å²) in [5.74, 6) is 0.428. The third-order valence-corrected chi connectivity index (χ3v) is 7.54. The Balaban J connectivity index is 1.70. The van der Waals surface area contributed by atoms with Crippen molar-refractivity contribution in [3.63, 3.8) is 0 Å². The minimum absolute atomic E-state index is 0.0430. The van der Waals surface area contributed by atoms with Crippen molar-refractivity contribution in [2.24, 2.45) is 17.3 Å². The zero-order valence-corrected chi connectivity index (χ0v) is 18.3. The molecule has 4 rings (SSSR count). The van der Waals surface area contributed by atoms with Crippen LogP contribution in [0.3, 0.4) is 0 Å². The first kappa shape index (κ1) is 21.1. The van der Waals surface area contributed by atoms with Crippen LogP contribution in [0.5, 0.6) is 5.75 Å². The minimum atomic E-state index is -0.959. The van der Waals surface area contributed by atoms with E-state index in [4.69, 9.17) is 18.9 Å². The van der Waals surface area contributed by atoms with Gasteiger partial charge in [0.15, 0.2) is 6.29 Å². The maximum absolute atomic E-state index is 13.4. The fraction of sp³-hybridized carbons (Fsp3) is 0.583. The average molecular weight is 414 g/mol. The lowest BCUT2D eigenvalue weighted by Gasteiger charge is -2.44. The number of allylic oxidation sites excluding steroid dienone is 1. The molecule has 1 saturated heterocycles. The summed E-state index contributed by atoms with van der Waals surface area (Å²) in [6, 6.07) is 6.77. The lowest BCUT2D eigenvalue weighted by Crippen LogP contribution is -2.55. The second-order valence-corrected chi connectivity index (χ2v) is 8.97. The highest BCUT2D eigenvalue weighted by Gasteiger charge is 2.72. The van der Waals surface area contributed by atoms with Crippen molar-refractivity contribution in [2.75, 3.05) is 14.2 Å². The Kier molecular flexibility index (Phi) is 5.27. The van der Waals surface area contributed by atoms with E-state index in [0.29, 0.717) is 24.2 Å². The summed E-state index contributed by atoms with van der Waals surface area (Å²) in [5, 5.41) is 0. The second-order valence-electron chi connectivity index (χ2n) is 8.97. The third kappa shape index (κ3) is 2.92. The molecule has 0 bridgehead atoms. The fourth-order valence-corrected chi connectivity index (χ4v) is 5.64. The molecule has 162 valence electrons. The van der Waals surface area contributed by atoms with E-state index in [0.717, 1.165) is 12.0 Å². The summed E-state index contributed by atoms with van der Waals surface area (Å²) in [5.41, 5.74) is -0.153. The highest BCUT2D eigenvalue weighted by Crippen LogP contribution is 2.63. The quantitative estimate of drug-likeness (QED) is 0.549. The number of esters is 1. The van der Waals surface area contributed by atoms with Crippen molar-refractivity contribution in [2.45, 2.75) is 58.0 Å². The van der Waals surface area contributed by atoms with E-state index in [1.165, 1.54) is 0 Å². The van der Waals surface area contributed by atoms with Gasteiger partial charge in [0.2, 0.25) is 0 Å². The molecule has 0 radical (unpaired) electrons. The Bertz CT molecular complexity index is 874. The number of hydrogen-bond donors (Lipinski definition) is 0. The lowest BCUT2D eigenvalue weighted by molar-refractivity contribution is -0.210. The van der Waals surface area contributed by atoms with Crippen molar-refractivity contribution in [1.82, 2.24) is 0 Å². The standard InChI is InChI=1S/C24H30O6/c1-14-10-11-24-18(15(2)22(28-5)30-24)13-19(25)23(24,3)20(12-14)29-21(26)16-6-8-17(27-4)9-7-16/h6-9,12,15,18,20,22H,10-11,13H2,1-5H3/t15-,18+,20+,22-,23+,24-/m0/s1. The van der Waals surface area contributed by atoms with Crippen molar-refractivity contribution in [3.05, 3.63) is 41.5 Å². The number of carbonyl (C=O) groups excluding carboxylic acids is 2. The van der Waals surface area contributed by atoms with Gasteiger partial charge in [0.25, 0.3) is 0 Å². The van der Waals surface area contributed by atoms with Crippen molar-refractivity contribution < 1.29 is 28.5 Å². The van der Waals surface area contributed by atoms with Gasteiger partial charge < -0.3 is 18.9 Å². The van der Waals surface area contributed by atoms with Crippen LogP contribution in [-0.2, 0) is 19.0 Å². The zero-order valence-electron chi connectivity index (χ0n) is 18.3. The van der Waals surface area contributed by atoms with E-state index in [2.05, 4.69) is 6.92 Å². The highest BCUT2D eigenvalue weighted by atomic mass is 16.7. The Morgan fingerprint density at radius 3 is 2.53 bits per heavy atom. The molecule has 2 fully saturated rings. The Morgan fingerprint density at radius 1 is 1.20 bits per heavy atom. The zero-order chi connectivity index (χ0) is 21.7. The SMILES string of the molecule is COc1ccc(C(=O)O[C@@H]2C=C(C)CC[C@]34O[C@H](OC)[C@@H](C)[C@H]3CC(=O)[C@]24C)cc1. The molecule has 1 heterocycles. The molecule has 6 nitrogen and oxygen atoms in total. The Labute approximate surface area is 177 Å². The van der Waals surface area contributed by atoms with Crippen LogP contribution in [0.4, 0.5) is 0 Å². The molecule has 1 saturated carbocycles. The van der Waals surface area contributed by atoms with Crippen LogP contribution >= 0.6 is 0 Å². The molecule has 1 aromatic rings. The first-order chi connectivity index (χ1) is 14.3. The van der Waals surface area contributed by atoms with Crippen molar-refractivity contribution in [3.8, 4) is 5.75 Å². The van der Waals surface area contributed by atoms with E-state index >= 15 is 0 Å². The molecule has 0 amide bonds. The third-order valence-electron chi connectivity index (χ3n) is 7.54. The van der Waals surface area contributed by atoms with E-state index in [1.54, 1.807) is 38.5 Å². The fourth-order valence-electron chi connectivity index (χ4n) is 5.64. The van der Waals surface area contributed by atoms with Gasteiger partial charge in [-0.25, -0.2) is 4.79 Å². The van der Waals surface area contributed by atoms with Gasteiger partial charge in [0.1, 0.15) is 17.6 Å². The summed E-state index contributed by atoms with van der Waals surface area (Å²) in [7, 11) is 3.21. The topological polar surface area (TPSA) is 71.1 Å². The number of Topliss-reactive ketones (excluding diaryl/α,β-unsaturated/α-hetero) is 1. The number of methoxy groups -OCH3 is 2. The van der Waals surface area contributed by atoms with Gasteiger partial charge >= 0.3 is 5.97 Å². The van der Waals surface area contributed by atoms with E-state index < -0.39 is 23.1 Å². The van der Waals surface area contributed by atoms with Gasteiger partial charge in [-0.1, -0.05) is 12.5 Å². The molecular weight excluding hydrogens is 384 g/mol. The molecule has 6 atom stereocenters. The van der Waals surface area contributed by atoms with Gasteiger partial charge in [0, 0.05) is 25.4 Å². The normalized spacial score (nSPS) is 37.8. The minimum Gasteiger partial charge on any atom is -0.497 e. The molecule has 1 aliphatic heterocycles. The van der Waals surface area contributed by atoms with Crippen LogP contribution in [0.2, 0.25) is 0 Å². The first-order valence-electron chi connectivity index (χ1n) is 10.5. The molecule has 2 aliphatic carbocycles. The Hall–Kier alpha value is -2.18. The molecule has 1 spiro atoms. The summed E-state index contributed by atoms with van der Waals surface area (Å²) in [6.07, 6.45) is 2.79. The van der Waals surface area contributed by atoms with Gasteiger partial charge in [-0.05, 0) is 57.0 Å².